The second-order valence-electron chi connectivity index (χ2n) is 9.20. The third-order valence-corrected chi connectivity index (χ3v) is 6.85. The molecule has 178 valence electrons. The quantitative estimate of drug-likeness (QED) is 0.588. The van der Waals surface area contributed by atoms with Crippen LogP contribution in [0.2, 0.25) is 0 Å². The van der Waals surface area contributed by atoms with Gasteiger partial charge < -0.3 is 9.88 Å². The van der Waals surface area contributed by atoms with Crippen molar-refractivity contribution in [3.63, 3.8) is 0 Å². The van der Waals surface area contributed by atoms with E-state index in [9.17, 15) is 9.59 Å². The summed E-state index contributed by atoms with van der Waals surface area (Å²) in [5, 5.41) is 2.00. The molecular formula is C26H32N6O2. The van der Waals surface area contributed by atoms with Crippen molar-refractivity contribution < 1.29 is 4.79 Å². The molecular weight excluding hydrogens is 428 g/mol. The van der Waals surface area contributed by atoms with Gasteiger partial charge in [-0.1, -0.05) is 6.92 Å². The number of nitrogens with one attached hydrogen (secondary N) is 2. The molecule has 0 radical (unpaired) electrons. The van der Waals surface area contributed by atoms with Crippen LogP contribution in [-0.4, -0.2) is 65.1 Å². The minimum absolute atomic E-state index is 0.0258. The second-order valence-corrected chi connectivity index (χ2v) is 9.20. The Balaban J connectivity index is 1.16. The van der Waals surface area contributed by atoms with Crippen molar-refractivity contribution in [2.45, 2.75) is 32.7 Å². The number of fused-ring (bicyclic) bond motifs is 1. The number of aromatic nitrogens is 2. The van der Waals surface area contributed by atoms with Crippen LogP contribution >= 0.6 is 0 Å². The lowest BCUT2D eigenvalue weighted by Gasteiger charge is -2.36. The lowest BCUT2D eigenvalue weighted by Crippen LogP contribution is -2.46. The van der Waals surface area contributed by atoms with Crippen LogP contribution in [0.4, 0.5) is 5.69 Å². The van der Waals surface area contributed by atoms with E-state index >= 15 is 0 Å². The fourth-order valence-corrected chi connectivity index (χ4v) is 4.80. The number of piperazine rings is 1. The fourth-order valence-electron chi connectivity index (χ4n) is 4.80. The van der Waals surface area contributed by atoms with Crippen LogP contribution in [-0.2, 0) is 13.0 Å². The van der Waals surface area contributed by atoms with Crippen LogP contribution in [0.1, 0.15) is 41.3 Å². The number of anilines is 1. The van der Waals surface area contributed by atoms with E-state index in [1.165, 1.54) is 0 Å². The highest BCUT2D eigenvalue weighted by Crippen LogP contribution is 2.19. The SMILES string of the molecule is CCc1cc2ncc(CN3CCN(c4ccc(C(=O)NN5CCCC5)cc4)CC3)cc2[nH]c1=O. The van der Waals surface area contributed by atoms with Gasteiger partial charge in [-0.3, -0.25) is 24.9 Å². The summed E-state index contributed by atoms with van der Waals surface area (Å²) in [5.41, 5.74) is 8.32. The summed E-state index contributed by atoms with van der Waals surface area (Å²) in [4.78, 5) is 36.9. The summed E-state index contributed by atoms with van der Waals surface area (Å²) in [6, 6.07) is 11.8. The number of benzene rings is 1. The van der Waals surface area contributed by atoms with Gasteiger partial charge in [-0.2, -0.15) is 0 Å². The average molecular weight is 461 g/mol. The van der Waals surface area contributed by atoms with Crippen LogP contribution in [0.25, 0.3) is 11.0 Å². The van der Waals surface area contributed by atoms with Crippen LogP contribution in [0.15, 0.2) is 47.4 Å². The number of aromatic amines is 1. The third kappa shape index (κ3) is 4.98. The molecule has 3 aromatic rings. The standard InChI is InChI=1S/C26H32N6O2/c1-2-20-16-23-24(28-25(20)33)15-19(17-27-23)18-30-11-13-31(14-12-30)22-7-5-21(6-8-22)26(34)29-32-9-3-4-10-32/h5-8,15-17H,2-4,9-14,18H2,1H3,(H,28,33)(H,29,34). The number of hydrazine groups is 1. The van der Waals surface area contributed by atoms with Crippen LogP contribution in [0.5, 0.6) is 0 Å². The maximum Gasteiger partial charge on any atom is 0.265 e. The Morgan fingerprint density at radius 1 is 1.03 bits per heavy atom. The maximum atomic E-state index is 12.4. The summed E-state index contributed by atoms with van der Waals surface area (Å²) in [6.07, 6.45) is 4.90. The molecule has 4 heterocycles. The van der Waals surface area contributed by atoms with E-state index in [1.54, 1.807) is 0 Å². The van der Waals surface area contributed by atoms with Crippen molar-refractivity contribution >= 4 is 22.6 Å². The molecule has 2 aliphatic heterocycles. The van der Waals surface area contributed by atoms with E-state index in [1.807, 2.05) is 54.5 Å². The number of rotatable bonds is 6. The summed E-state index contributed by atoms with van der Waals surface area (Å²) in [7, 11) is 0. The van der Waals surface area contributed by atoms with E-state index in [4.69, 9.17) is 0 Å². The molecule has 2 aromatic heterocycles. The van der Waals surface area contributed by atoms with E-state index < -0.39 is 0 Å². The van der Waals surface area contributed by atoms with Gasteiger partial charge in [0.25, 0.3) is 11.5 Å². The second kappa shape index (κ2) is 9.95. The van der Waals surface area contributed by atoms with Crippen LogP contribution in [0.3, 0.4) is 0 Å². The zero-order valence-corrected chi connectivity index (χ0v) is 19.7. The number of amides is 1. The van der Waals surface area contributed by atoms with Gasteiger partial charge in [0, 0.05) is 68.8 Å². The van der Waals surface area contributed by atoms with E-state index in [2.05, 4.69) is 25.2 Å². The topological polar surface area (TPSA) is 84.6 Å². The van der Waals surface area contributed by atoms with E-state index in [0.717, 1.165) is 86.5 Å². The van der Waals surface area contributed by atoms with Crippen molar-refractivity contribution in [2.24, 2.45) is 0 Å². The number of aryl methyl sites for hydroxylation is 1. The molecule has 2 N–H and O–H groups in total. The number of pyridine rings is 2. The van der Waals surface area contributed by atoms with Gasteiger partial charge in [-0.05, 0) is 61.2 Å². The highest BCUT2D eigenvalue weighted by atomic mass is 16.2. The van der Waals surface area contributed by atoms with Crippen molar-refractivity contribution in [3.8, 4) is 0 Å². The first-order valence-electron chi connectivity index (χ1n) is 12.2. The number of H-pyrrole nitrogens is 1. The lowest BCUT2D eigenvalue weighted by molar-refractivity contribution is 0.0826. The fraction of sp³-hybridized carbons (Fsp3) is 0.423. The first kappa shape index (κ1) is 22.6. The normalized spacial score (nSPS) is 17.4. The first-order valence-corrected chi connectivity index (χ1v) is 12.2. The molecule has 8 nitrogen and oxygen atoms in total. The largest absolute Gasteiger partial charge is 0.369 e. The van der Waals surface area contributed by atoms with Crippen molar-refractivity contribution in [1.82, 2.24) is 25.3 Å². The Morgan fingerprint density at radius 3 is 2.47 bits per heavy atom. The Kier molecular flexibility index (Phi) is 6.60. The van der Waals surface area contributed by atoms with Crippen molar-refractivity contribution in [2.75, 3.05) is 44.2 Å². The number of carbonyl (C=O) groups excluding carboxylic acids is 1. The van der Waals surface area contributed by atoms with Gasteiger partial charge in [0.15, 0.2) is 0 Å². The Morgan fingerprint density at radius 2 is 1.76 bits per heavy atom. The number of nitrogens with zero attached hydrogens (tertiary/aromatic N) is 4. The Bertz CT molecular complexity index is 1210. The molecule has 34 heavy (non-hydrogen) atoms. The van der Waals surface area contributed by atoms with Gasteiger partial charge in [0.05, 0.1) is 11.0 Å². The number of hydrogen-bond donors (Lipinski definition) is 2. The molecule has 0 aliphatic carbocycles. The van der Waals surface area contributed by atoms with E-state index in [-0.39, 0.29) is 11.5 Å². The number of hydrogen-bond acceptors (Lipinski definition) is 6. The summed E-state index contributed by atoms with van der Waals surface area (Å²) < 4.78 is 0. The van der Waals surface area contributed by atoms with Gasteiger partial charge in [0.1, 0.15) is 0 Å². The molecule has 0 spiro atoms. The zero-order chi connectivity index (χ0) is 23.5. The van der Waals surface area contributed by atoms with Crippen LogP contribution < -0.4 is 15.9 Å². The highest BCUT2D eigenvalue weighted by molar-refractivity contribution is 5.94. The van der Waals surface area contributed by atoms with Crippen molar-refractivity contribution in [3.05, 3.63) is 69.6 Å². The zero-order valence-electron chi connectivity index (χ0n) is 19.7. The molecule has 0 bridgehead atoms. The molecule has 8 heteroatoms. The minimum Gasteiger partial charge on any atom is -0.369 e. The predicted octanol–water partition coefficient (Wildman–Crippen LogP) is 2.55. The smallest absolute Gasteiger partial charge is 0.265 e. The molecule has 0 saturated carbocycles. The molecule has 2 fully saturated rings. The Labute approximate surface area is 199 Å². The van der Waals surface area contributed by atoms with Crippen molar-refractivity contribution in [1.29, 1.82) is 0 Å². The van der Waals surface area contributed by atoms with Gasteiger partial charge in [-0.25, -0.2) is 5.01 Å². The Hall–Kier alpha value is -3.23. The highest BCUT2D eigenvalue weighted by Gasteiger charge is 2.19. The summed E-state index contributed by atoms with van der Waals surface area (Å²) >= 11 is 0. The van der Waals surface area contributed by atoms with Gasteiger partial charge >= 0.3 is 0 Å². The predicted molar refractivity (Wildman–Crippen MR) is 134 cm³/mol. The summed E-state index contributed by atoms with van der Waals surface area (Å²) in [6.45, 7) is 8.40. The van der Waals surface area contributed by atoms with E-state index in [0.29, 0.717) is 12.0 Å². The molecule has 5 rings (SSSR count). The first-order chi connectivity index (χ1) is 16.6. The molecule has 0 atom stereocenters. The third-order valence-electron chi connectivity index (χ3n) is 6.85. The van der Waals surface area contributed by atoms with Gasteiger partial charge in [-0.15, -0.1) is 0 Å². The monoisotopic (exact) mass is 460 g/mol. The minimum atomic E-state index is -0.0328. The van der Waals surface area contributed by atoms with Gasteiger partial charge in [0.2, 0.25) is 0 Å². The molecule has 1 amide bonds. The van der Waals surface area contributed by atoms with Crippen LogP contribution in [0, 0.1) is 0 Å². The number of carbonyl (C=O) groups is 1. The molecule has 2 saturated heterocycles. The lowest BCUT2D eigenvalue weighted by atomic mass is 10.1. The molecule has 2 aliphatic rings. The summed E-state index contributed by atoms with van der Waals surface area (Å²) in [5.74, 6) is -0.0328. The maximum absolute atomic E-state index is 12.4. The average Bonchev–Trinajstić information content (AvgIpc) is 3.37. The molecule has 1 aromatic carbocycles. The molecule has 0 unspecified atom stereocenters.